The summed E-state index contributed by atoms with van der Waals surface area (Å²) in [6.07, 6.45) is 1.67. The Morgan fingerprint density at radius 3 is 2.48 bits per heavy atom. The zero-order chi connectivity index (χ0) is 17.8. The molecule has 1 atom stereocenters. The number of aryl methyl sites for hydroxylation is 2. The van der Waals surface area contributed by atoms with Crippen LogP contribution in [0, 0.1) is 19.8 Å². The molecule has 4 heteroatoms. The largest absolute Gasteiger partial charge is 0.338 e. The smallest absolute Gasteiger partial charge is 0.253 e. The van der Waals surface area contributed by atoms with Crippen LogP contribution in [0.2, 0.25) is 0 Å². The summed E-state index contributed by atoms with van der Waals surface area (Å²) in [6.45, 7) is 5.16. The van der Waals surface area contributed by atoms with Gasteiger partial charge in [-0.05, 0) is 56.5 Å². The van der Waals surface area contributed by atoms with Crippen molar-refractivity contribution in [3.63, 3.8) is 0 Å². The van der Waals surface area contributed by atoms with Gasteiger partial charge in [-0.15, -0.1) is 0 Å². The quantitative estimate of drug-likeness (QED) is 0.927. The molecule has 1 heterocycles. The number of piperidine rings is 1. The van der Waals surface area contributed by atoms with E-state index in [1.165, 1.54) is 0 Å². The third kappa shape index (κ3) is 4.27. The molecular weight excluding hydrogens is 312 g/mol. The van der Waals surface area contributed by atoms with Gasteiger partial charge in [0.15, 0.2) is 0 Å². The monoisotopic (exact) mass is 336 g/mol. The molecule has 0 aliphatic carbocycles. The summed E-state index contributed by atoms with van der Waals surface area (Å²) in [5.74, 6) is -0.160. The Kier molecular flexibility index (Phi) is 5.17. The summed E-state index contributed by atoms with van der Waals surface area (Å²) in [7, 11) is 0. The molecule has 0 bridgehead atoms. The van der Waals surface area contributed by atoms with Crippen LogP contribution in [0.25, 0.3) is 0 Å². The number of likely N-dealkylation sites (tertiary alicyclic amines) is 1. The summed E-state index contributed by atoms with van der Waals surface area (Å²) in [5.41, 5.74) is 3.68. The molecule has 1 N–H and O–H groups in total. The topological polar surface area (TPSA) is 49.4 Å². The zero-order valence-electron chi connectivity index (χ0n) is 14.8. The normalized spacial score (nSPS) is 17.2. The molecule has 0 saturated carbocycles. The van der Waals surface area contributed by atoms with Crippen LogP contribution in [0.1, 0.15) is 34.3 Å². The summed E-state index contributed by atoms with van der Waals surface area (Å²) in [6, 6.07) is 15.4. The van der Waals surface area contributed by atoms with Gasteiger partial charge in [-0.1, -0.05) is 29.8 Å². The number of carbonyl (C=O) groups excluding carboxylic acids is 2. The van der Waals surface area contributed by atoms with Crippen LogP contribution in [0.5, 0.6) is 0 Å². The molecule has 130 valence electrons. The van der Waals surface area contributed by atoms with Gasteiger partial charge in [0, 0.05) is 24.3 Å². The molecule has 3 rings (SSSR count). The second kappa shape index (κ2) is 7.51. The van der Waals surface area contributed by atoms with Crippen molar-refractivity contribution in [2.24, 2.45) is 5.92 Å². The van der Waals surface area contributed by atoms with Crippen molar-refractivity contribution in [1.82, 2.24) is 4.90 Å². The van der Waals surface area contributed by atoms with E-state index in [4.69, 9.17) is 0 Å². The highest BCUT2D eigenvalue weighted by molar-refractivity contribution is 5.96. The number of rotatable bonds is 3. The van der Waals surface area contributed by atoms with Crippen molar-refractivity contribution in [2.75, 3.05) is 18.4 Å². The van der Waals surface area contributed by atoms with Gasteiger partial charge in [-0.3, -0.25) is 9.59 Å². The van der Waals surface area contributed by atoms with E-state index < -0.39 is 0 Å². The molecule has 2 amide bonds. The lowest BCUT2D eigenvalue weighted by atomic mass is 9.96. The number of carbonyl (C=O) groups is 2. The Hall–Kier alpha value is -2.62. The molecule has 0 radical (unpaired) electrons. The lowest BCUT2D eigenvalue weighted by Crippen LogP contribution is -2.43. The van der Waals surface area contributed by atoms with Crippen molar-refractivity contribution >= 4 is 17.5 Å². The summed E-state index contributed by atoms with van der Waals surface area (Å²) < 4.78 is 0. The summed E-state index contributed by atoms with van der Waals surface area (Å²) >= 11 is 0. The molecule has 1 fully saturated rings. The zero-order valence-corrected chi connectivity index (χ0v) is 14.8. The molecule has 0 aromatic heterocycles. The number of hydrogen-bond acceptors (Lipinski definition) is 2. The third-order valence-electron chi connectivity index (χ3n) is 4.63. The van der Waals surface area contributed by atoms with Crippen LogP contribution < -0.4 is 5.32 Å². The first-order chi connectivity index (χ1) is 12.0. The average Bonchev–Trinajstić information content (AvgIpc) is 2.61. The highest BCUT2D eigenvalue weighted by atomic mass is 16.2. The maximum atomic E-state index is 12.7. The van der Waals surface area contributed by atoms with Gasteiger partial charge >= 0.3 is 0 Å². The molecule has 25 heavy (non-hydrogen) atoms. The lowest BCUT2D eigenvalue weighted by molar-refractivity contribution is -0.121. The number of benzene rings is 2. The maximum Gasteiger partial charge on any atom is 0.253 e. The van der Waals surface area contributed by atoms with Crippen LogP contribution in [0.4, 0.5) is 5.69 Å². The predicted molar refractivity (Wildman–Crippen MR) is 99.6 cm³/mol. The fraction of sp³-hybridized carbons (Fsp3) is 0.333. The fourth-order valence-electron chi connectivity index (χ4n) is 3.30. The van der Waals surface area contributed by atoms with Gasteiger partial charge in [0.1, 0.15) is 0 Å². The molecular formula is C21H24N2O2. The Morgan fingerprint density at radius 1 is 1.04 bits per heavy atom. The van der Waals surface area contributed by atoms with E-state index in [2.05, 4.69) is 5.32 Å². The number of hydrogen-bond donors (Lipinski definition) is 1. The van der Waals surface area contributed by atoms with Crippen molar-refractivity contribution in [2.45, 2.75) is 26.7 Å². The van der Waals surface area contributed by atoms with E-state index in [9.17, 15) is 9.59 Å². The maximum absolute atomic E-state index is 12.7. The Balaban J connectivity index is 1.66. The van der Waals surface area contributed by atoms with E-state index in [-0.39, 0.29) is 17.7 Å². The van der Waals surface area contributed by atoms with Crippen LogP contribution in [-0.2, 0) is 4.79 Å². The molecule has 0 unspecified atom stereocenters. The first-order valence-corrected chi connectivity index (χ1v) is 8.76. The number of amides is 2. The van der Waals surface area contributed by atoms with E-state index in [1.54, 1.807) is 4.90 Å². The van der Waals surface area contributed by atoms with Crippen molar-refractivity contribution in [1.29, 1.82) is 0 Å². The number of anilines is 1. The van der Waals surface area contributed by atoms with Crippen LogP contribution >= 0.6 is 0 Å². The van der Waals surface area contributed by atoms with Gasteiger partial charge < -0.3 is 10.2 Å². The highest BCUT2D eigenvalue weighted by Crippen LogP contribution is 2.21. The first kappa shape index (κ1) is 17.2. The fourth-order valence-corrected chi connectivity index (χ4v) is 3.30. The molecule has 0 spiro atoms. The summed E-state index contributed by atoms with van der Waals surface area (Å²) in [4.78, 5) is 27.1. The van der Waals surface area contributed by atoms with E-state index in [0.717, 1.165) is 29.7 Å². The minimum absolute atomic E-state index is 0.00709. The van der Waals surface area contributed by atoms with E-state index >= 15 is 0 Å². The average molecular weight is 336 g/mol. The Labute approximate surface area is 148 Å². The number of nitrogens with zero attached hydrogens (tertiary/aromatic N) is 1. The van der Waals surface area contributed by atoms with E-state index in [1.807, 2.05) is 62.4 Å². The summed E-state index contributed by atoms with van der Waals surface area (Å²) in [5, 5.41) is 2.98. The van der Waals surface area contributed by atoms with Crippen LogP contribution in [-0.4, -0.2) is 29.8 Å². The minimum Gasteiger partial charge on any atom is -0.338 e. The third-order valence-corrected chi connectivity index (χ3v) is 4.63. The minimum atomic E-state index is -0.164. The van der Waals surface area contributed by atoms with Gasteiger partial charge in [0.05, 0.1) is 5.92 Å². The second-order valence-corrected chi connectivity index (χ2v) is 6.82. The van der Waals surface area contributed by atoms with Gasteiger partial charge in [0.25, 0.3) is 5.91 Å². The second-order valence-electron chi connectivity index (χ2n) is 6.82. The Bertz CT molecular complexity index is 785. The molecule has 2 aromatic rings. The Morgan fingerprint density at radius 2 is 1.76 bits per heavy atom. The SMILES string of the molecule is Cc1cccc(NC(=O)[C@@H]2CCCN(C(=O)c3cccc(C)c3)C2)c1. The first-order valence-electron chi connectivity index (χ1n) is 8.76. The highest BCUT2D eigenvalue weighted by Gasteiger charge is 2.29. The molecule has 1 saturated heterocycles. The molecule has 1 aliphatic rings. The van der Waals surface area contributed by atoms with Gasteiger partial charge in [-0.25, -0.2) is 0 Å². The van der Waals surface area contributed by atoms with Gasteiger partial charge in [0.2, 0.25) is 5.91 Å². The standard InChI is InChI=1S/C21H24N2O2/c1-15-6-3-8-17(12-15)21(25)23-11-5-9-18(14-23)20(24)22-19-10-4-7-16(2)13-19/h3-4,6-8,10,12-13,18H,5,9,11,14H2,1-2H3,(H,22,24)/t18-/m1/s1. The van der Waals surface area contributed by atoms with Gasteiger partial charge in [-0.2, -0.15) is 0 Å². The molecule has 2 aromatic carbocycles. The predicted octanol–water partition coefficient (Wildman–Crippen LogP) is 3.79. The molecule has 4 nitrogen and oxygen atoms in total. The van der Waals surface area contributed by atoms with Crippen molar-refractivity contribution in [3.8, 4) is 0 Å². The van der Waals surface area contributed by atoms with Crippen molar-refractivity contribution < 1.29 is 9.59 Å². The number of nitrogens with one attached hydrogen (secondary N) is 1. The van der Waals surface area contributed by atoms with Crippen molar-refractivity contribution in [3.05, 3.63) is 65.2 Å². The molecule has 1 aliphatic heterocycles. The van der Waals surface area contributed by atoms with Crippen LogP contribution in [0.15, 0.2) is 48.5 Å². The lowest BCUT2D eigenvalue weighted by Gasteiger charge is -2.32. The van der Waals surface area contributed by atoms with E-state index in [0.29, 0.717) is 18.7 Å². The van der Waals surface area contributed by atoms with Crippen LogP contribution in [0.3, 0.4) is 0 Å².